The molecule has 2 N–H and O–H groups in total. The van der Waals surface area contributed by atoms with E-state index >= 15 is 0 Å². The van der Waals surface area contributed by atoms with Crippen LogP contribution in [-0.2, 0) is 22.6 Å². The summed E-state index contributed by atoms with van der Waals surface area (Å²) in [6.07, 6.45) is 1.04. The number of aliphatic imine (C=N–C) groups is 1. The van der Waals surface area contributed by atoms with E-state index in [1.807, 2.05) is 12.1 Å². The van der Waals surface area contributed by atoms with Crippen molar-refractivity contribution in [3.05, 3.63) is 35.4 Å². The average molecular weight is 435 g/mol. The largest absolute Gasteiger partial charge is 0.383 e. The monoisotopic (exact) mass is 435 g/mol. The van der Waals surface area contributed by atoms with Crippen molar-refractivity contribution in [3.63, 3.8) is 0 Å². The van der Waals surface area contributed by atoms with Crippen molar-refractivity contribution >= 4 is 29.9 Å². The molecule has 0 heterocycles. The van der Waals surface area contributed by atoms with Crippen molar-refractivity contribution in [2.75, 3.05) is 33.4 Å². The maximum atomic E-state index is 5.65. The van der Waals surface area contributed by atoms with Crippen LogP contribution in [0, 0.1) is 0 Å². The van der Waals surface area contributed by atoms with Gasteiger partial charge in [0.15, 0.2) is 5.96 Å². The molecule has 1 aromatic carbocycles. The number of methoxy groups -OCH3 is 1. The van der Waals surface area contributed by atoms with Gasteiger partial charge in [-0.3, -0.25) is 0 Å². The number of nitrogens with one attached hydrogen (secondary N) is 2. The Morgan fingerprint density at radius 2 is 1.83 bits per heavy atom. The van der Waals surface area contributed by atoms with Crippen LogP contribution in [0.1, 0.15) is 31.4 Å². The molecule has 0 bridgehead atoms. The summed E-state index contributed by atoms with van der Waals surface area (Å²) in [6, 6.07) is 8.29. The number of halogens is 1. The van der Waals surface area contributed by atoms with Crippen LogP contribution >= 0.6 is 24.0 Å². The zero-order chi connectivity index (χ0) is 16.0. The second-order valence-corrected chi connectivity index (χ2v) is 4.94. The molecule has 5 nitrogen and oxygen atoms in total. The summed E-state index contributed by atoms with van der Waals surface area (Å²) in [7, 11) is 1.69. The van der Waals surface area contributed by atoms with E-state index in [1.165, 1.54) is 11.1 Å². The average Bonchev–Trinajstić information content (AvgIpc) is 2.54. The summed E-state index contributed by atoms with van der Waals surface area (Å²) in [6.45, 7) is 8.47. The molecule has 0 amide bonds. The number of hydrogen-bond donors (Lipinski definition) is 2. The number of hydrogen-bond acceptors (Lipinski definition) is 3. The summed E-state index contributed by atoms with van der Waals surface area (Å²) in [5.41, 5.74) is 2.40. The van der Waals surface area contributed by atoms with Gasteiger partial charge in [-0.05, 0) is 24.5 Å². The Hall–Kier alpha value is -0.860. The second-order valence-electron chi connectivity index (χ2n) is 4.94. The Balaban J connectivity index is 0.00000484. The maximum absolute atomic E-state index is 5.65. The SMILES string of the molecule is CCCOCc1ccccc1CN=C(NCC)NCCOC.I. The van der Waals surface area contributed by atoms with Crippen molar-refractivity contribution in [1.29, 1.82) is 0 Å². The molecular weight excluding hydrogens is 405 g/mol. The van der Waals surface area contributed by atoms with Crippen LogP contribution in [0.4, 0.5) is 0 Å². The molecule has 1 aromatic rings. The molecule has 0 saturated carbocycles. The lowest BCUT2D eigenvalue weighted by Crippen LogP contribution is -2.38. The van der Waals surface area contributed by atoms with Gasteiger partial charge in [-0.1, -0.05) is 31.2 Å². The zero-order valence-corrected chi connectivity index (χ0v) is 16.8. The van der Waals surface area contributed by atoms with Crippen LogP contribution in [0.3, 0.4) is 0 Å². The molecule has 0 spiro atoms. The molecule has 0 atom stereocenters. The van der Waals surface area contributed by atoms with Crippen LogP contribution < -0.4 is 10.6 Å². The standard InChI is InChI=1S/C17H29N3O2.HI/c1-4-11-22-14-16-9-7-6-8-15(16)13-20-17(18-5-2)19-10-12-21-3;/h6-9H,4-5,10-14H2,1-3H3,(H2,18,19,20);1H. The number of ether oxygens (including phenoxy) is 2. The Bertz CT molecular complexity index is 442. The van der Waals surface area contributed by atoms with Gasteiger partial charge in [0, 0.05) is 26.8 Å². The van der Waals surface area contributed by atoms with Crippen molar-refractivity contribution in [2.24, 2.45) is 4.99 Å². The van der Waals surface area contributed by atoms with Gasteiger partial charge in [0.25, 0.3) is 0 Å². The van der Waals surface area contributed by atoms with Crippen molar-refractivity contribution in [2.45, 2.75) is 33.4 Å². The number of rotatable bonds is 10. The first-order valence-corrected chi connectivity index (χ1v) is 7.97. The number of guanidine groups is 1. The third-order valence-electron chi connectivity index (χ3n) is 3.07. The Morgan fingerprint density at radius 1 is 1.09 bits per heavy atom. The van der Waals surface area contributed by atoms with Crippen LogP contribution in [0.15, 0.2) is 29.3 Å². The Morgan fingerprint density at radius 3 is 2.48 bits per heavy atom. The number of benzene rings is 1. The summed E-state index contributed by atoms with van der Waals surface area (Å²) < 4.78 is 10.7. The maximum Gasteiger partial charge on any atom is 0.191 e. The zero-order valence-electron chi connectivity index (χ0n) is 14.4. The highest BCUT2D eigenvalue weighted by Crippen LogP contribution is 2.11. The van der Waals surface area contributed by atoms with Gasteiger partial charge in [-0.2, -0.15) is 0 Å². The Kier molecular flexibility index (Phi) is 14.2. The molecular formula is C17H30IN3O2. The van der Waals surface area contributed by atoms with Gasteiger partial charge in [-0.15, -0.1) is 24.0 Å². The lowest BCUT2D eigenvalue weighted by Gasteiger charge is -2.12. The molecule has 0 fully saturated rings. The van der Waals surface area contributed by atoms with E-state index in [-0.39, 0.29) is 24.0 Å². The molecule has 0 aliphatic rings. The van der Waals surface area contributed by atoms with Crippen LogP contribution in [-0.4, -0.2) is 39.4 Å². The van der Waals surface area contributed by atoms with E-state index in [2.05, 4.69) is 41.6 Å². The normalized spacial score (nSPS) is 11.0. The minimum Gasteiger partial charge on any atom is -0.383 e. The highest BCUT2D eigenvalue weighted by molar-refractivity contribution is 14.0. The van der Waals surface area contributed by atoms with Crippen LogP contribution in [0.2, 0.25) is 0 Å². The second kappa shape index (κ2) is 14.7. The smallest absolute Gasteiger partial charge is 0.191 e. The lowest BCUT2D eigenvalue weighted by atomic mass is 10.1. The molecule has 6 heteroatoms. The third kappa shape index (κ3) is 9.78. The van der Waals surface area contributed by atoms with E-state index in [4.69, 9.17) is 9.47 Å². The minimum absolute atomic E-state index is 0. The van der Waals surface area contributed by atoms with Crippen molar-refractivity contribution < 1.29 is 9.47 Å². The van der Waals surface area contributed by atoms with Crippen molar-refractivity contribution in [3.8, 4) is 0 Å². The fourth-order valence-electron chi connectivity index (χ4n) is 1.96. The van der Waals surface area contributed by atoms with Crippen LogP contribution in [0.5, 0.6) is 0 Å². The third-order valence-corrected chi connectivity index (χ3v) is 3.07. The van der Waals surface area contributed by atoms with Crippen LogP contribution in [0.25, 0.3) is 0 Å². The highest BCUT2D eigenvalue weighted by atomic mass is 127. The fraction of sp³-hybridized carbons (Fsp3) is 0.588. The predicted octanol–water partition coefficient (Wildman–Crippen LogP) is 2.93. The summed E-state index contributed by atoms with van der Waals surface area (Å²) in [4.78, 5) is 4.63. The van der Waals surface area contributed by atoms with Gasteiger partial charge >= 0.3 is 0 Å². The molecule has 23 heavy (non-hydrogen) atoms. The van der Waals surface area contributed by atoms with Gasteiger partial charge in [0.2, 0.25) is 0 Å². The summed E-state index contributed by atoms with van der Waals surface area (Å²) >= 11 is 0. The van der Waals surface area contributed by atoms with E-state index in [0.29, 0.717) is 19.8 Å². The Labute approximate surface area is 157 Å². The molecule has 0 aromatic heterocycles. The van der Waals surface area contributed by atoms with Gasteiger partial charge < -0.3 is 20.1 Å². The molecule has 132 valence electrons. The van der Waals surface area contributed by atoms with E-state index in [9.17, 15) is 0 Å². The van der Waals surface area contributed by atoms with E-state index in [1.54, 1.807) is 7.11 Å². The van der Waals surface area contributed by atoms with Gasteiger partial charge in [0.05, 0.1) is 19.8 Å². The van der Waals surface area contributed by atoms with Gasteiger partial charge in [-0.25, -0.2) is 4.99 Å². The molecule has 0 radical (unpaired) electrons. The molecule has 1 rings (SSSR count). The number of nitrogens with zero attached hydrogens (tertiary/aromatic N) is 1. The van der Waals surface area contributed by atoms with E-state index in [0.717, 1.165) is 32.1 Å². The predicted molar refractivity (Wildman–Crippen MR) is 106 cm³/mol. The topological polar surface area (TPSA) is 54.9 Å². The van der Waals surface area contributed by atoms with Crippen molar-refractivity contribution in [1.82, 2.24) is 10.6 Å². The summed E-state index contributed by atoms with van der Waals surface area (Å²) in [5, 5.41) is 6.48. The molecule has 0 aliphatic carbocycles. The quantitative estimate of drug-likeness (QED) is 0.257. The van der Waals surface area contributed by atoms with Gasteiger partial charge in [0.1, 0.15) is 0 Å². The molecule has 0 saturated heterocycles. The molecule has 0 aliphatic heterocycles. The van der Waals surface area contributed by atoms with E-state index < -0.39 is 0 Å². The summed E-state index contributed by atoms with van der Waals surface area (Å²) in [5.74, 6) is 0.809. The first-order chi connectivity index (χ1) is 10.8. The molecule has 0 unspecified atom stereocenters. The first kappa shape index (κ1) is 22.1. The highest BCUT2D eigenvalue weighted by Gasteiger charge is 2.02. The fourth-order valence-corrected chi connectivity index (χ4v) is 1.96. The lowest BCUT2D eigenvalue weighted by molar-refractivity contribution is 0.121. The minimum atomic E-state index is 0. The first-order valence-electron chi connectivity index (χ1n) is 7.97.